The second kappa shape index (κ2) is 11.9. The van der Waals surface area contributed by atoms with Crippen LogP contribution >= 0.6 is 0 Å². The number of nitrogens with zero attached hydrogens (tertiary/aromatic N) is 2. The standard InChI is InChI=1S/C31H34N4O4/c1-6-21(3)33-22(4)19-34-28-17-24(29(36)32-18-23-9-7-20(2)8-10-23)11-16-27(28)30(37)35(31(34)38)25-12-14-26(39-5)15-13-25/h7-17,21,33H,4,6,18-19H2,1-3,5H3,(H,32,36). The SMILES string of the molecule is C=C(Cn1c(=O)n(-c2ccc(OC)cc2)c(=O)c2ccc(C(=O)NCc3ccc(C)cc3)cc21)NC(C)CC. The van der Waals surface area contributed by atoms with Gasteiger partial charge in [-0.3, -0.25) is 14.2 Å². The number of methoxy groups -OCH3 is 1. The third-order valence-corrected chi connectivity index (χ3v) is 6.72. The summed E-state index contributed by atoms with van der Waals surface area (Å²) in [5.41, 5.74) is 2.88. The maximum atomic E-state index is 13.8. The van der Waals surface area contributed by atoms with Gasteiger partial charge in [0, 0.05) is 23.8 Å². The van der Waals surface area contributed by atoms with E-state index in [0.717, 1.165) is 22.1 Å². The summed E-state index contributed by atoms with van der Waals surface area (Å²) in [5, 5.41) is 6.54. The molecular formula is C31H34N4O4. The quantitative estimate of drug-likeness (QED) is 0.321. The highest BCUT2D eigenvalue weighted by Crippen LogP contribution is 2.17. The molecule has 1 heterocycles. The van der Waals surface area contributed by atoms with Gasteiger partial charge in [-0.2, -0.15) is 0 Å². The van der Waals surface area contributed by atoms with Gasteiger partial charge in [0.05, 0.1) is 30.2 Å². The van der Waals surface area contributed by atoms with Gasteiger partial charge in [0.1, 0.15) is 5.75 Å². The molecule has 4 rings (SSSR count). The average Bonchev–Trinajstić information content (AvgIpc) is 2.94. The second-order valence-electron chi connectivity index (χ2n) is 9.66. The van der Waals surface area contributed by atoms with Crippen molar-refractivity contribution in [1.82, 2.24) is 19.8 Å². The summed E-state index contributed by atoms with van der Waals surface area (Å²) in [4.78, 5) is 40.4. The number of aromatic nitrogens is 2. The Balaban J connectivity index is 1.78. The fourth-order valence-electron chi connectivity index (χ4n) is 4.30. The van der Waals surface area contributed by atoms with Gasteiger partial charge in [-0.05, 0) is 68.3 Å². The van der Waals surface area contributed by atoms with Crippen LogP contribution in [-0.4, -0.2) is 28.2 Å². The molecule has 1 aromatic heterocycles. The third-order valence-electron chi connectivity index (χ3n) is 6.72. The van der Waals surface area contributed by atoms with Crippen molar-refractivity contribution in [3.05, 3.63) is 117 Å². The number of amides is 1. The topological polar surface area (TPSA) is 94.4 Å². The summed E-state index contributed by atoms with van der Waals surface area (Å²) in [6.07, 6.45) is 0.880. The second-order valence-corrected chi connectivity index (χ2v) is 9.66. The molecule has 0 saturated heterocycles. The normalized spacial score (nSPS) is 11.7. The molecule has 0 aliphatic carbocycles. The molecule has 39 heavy (non-hydrogen) atoms. The van der Waals surface area contributed by atoms with Crippen LogP contribution in [0, 0.1) is 6.92 Å². The molecule has 1 atom stereocenters. The summed E-state index contributed by atoms with van der Waals surface area (Å²) < 4.78 is 7.84. The molecule has 4 aromatic rings. The van der Waals surface area contributed by atoms with E-state index in [1.165, 1.54) is 4.57 Å². The molecule has 2 N–H and O–H groups in total. The Hall–Kier alpha value is -4.59. The first-order chi connectivity index (χ1) is 18.7. The highest BCUT2D eigenvalue weighted by atomic mass is 16.5. The van der Waals surface area contributed by atoms with Gasteiger partial charge >= 0.3 is 5.69 Å². The summed E-state index contributed by atoms with van der Waals surface area (Å²) >= 11 is 0. The van der Waals surface area contributed by atoms with Gasteiger partial charge in [-0.1, -0.05) is 43.3 Å². The number of carbonyl (C=O) groups excluding carboxylic acids is 1. The van der Waals surface area contributed by atoms with E-state index in [0.29, 0.717) is 40.1 Å². The van der Waals surface area contributed by atoms with Gasteiger partial charge < -0.3 is 15.4 Å². The lowest BCUT2D eigenvalue weighted by atomic mass is 10.1. The van der Waals surface area contributed by atoms with Gasteiger partial charge in [0.25, 0.3) is 11.5 Å². The number of allylic oxidation sites excluding steroid dienone is 1. The van der Waals surface area contributed by atoms with E-state index in [1.807, 2.05) is 38.1 Å². The Morgan fingerprint density at radius 3 is 2.36 bits per heavy atom. The molecule has 1 unspecified atom stereocenters. The summed E-state index contributed by atoms with van der Waals surface area (Å²) in [7, 11) is 1.55. The van der Waals surface area contributed by atoms with E-state index < -0.39 is 11.2 Å². The summed E-state index contributed by atoms with van der Waals surface area (Å²) in [6, 6.07) is 19.6. The maximum Gasteiger partial charge on any atom is 0.336 e. The zero-order chi connectivity index (χ0) is 28.1. The predicted octanol–water partition coefficient (Wildman–Crippen LogP) is 4.30. The first-order valence-corrected chi connectivity index (χ1v) is 12.9. The Bertz CT molecular complexity index is 1620. The predicted molar refractivity (Wildman–Crippen MR) is 155 cm³/mol. The van der Waals surface area contributed by atoms with Crippen LogP contribution in [0.25, 0.3) is 16.6 Å². The monoisotopic (exact) mass is 526 g/mol. The van der Waals surface area contributed by atoms with E-state index in [1.54, 1.807) is 49.6 Å². The first kappa shape index (κ1) is 27.4. The molecule has 8 nitrogen and oxygen atoms in total. The molecule has 0 aliphatic heterocycles. The molecule has 0 saturated carbocycles. The fraction of sp³-hybridized carbons (Fsp3) is 0.258. The minimum atomic E-state index is -0.526. The van der Waals surface area contributed by atoms with E-state index >= 15 is 0 Å². The molecule has 0 aliphatic rings. The zero-order valence-electron chi connectivity index (χ0n) is 22.8. The van der Waals surface area contributed by atoms with Crippen LogP contribution in [0.2, 0.25) is 0 Å². The van der Waals surface area contributed by atoms with Gasteiger partial charge in [-0.25, -0.2) is 9.36 Å². The van der Waals surface area contributed by atoms with E-state index in [9.17, 15) is 14.4 Å². The summed E-state index contributed by atoms with van der Waals surface area (Å²) in [6.45, 7) is 10.7. The molecule has 1 amide bonds. The van der Waals surface area contributed by atoms with Crippen molar-refractivity contribution in [1.29, 1.82) is 0 Å². The zero-order valence-corrected chi connectivity index (χ0v) is 22.8. The van der Waals surface area contributed by atoms with Gasteiger partial charge in [-0.15, -0.1) is 0 Å². The third kappa shape index (κ3) is 6.12. The van der Waals surface area contributed by atoms with Gasteiger partial charge in [0.15, 0.2) is 0 Å². The van der Waals surface area contributed by atoms with Crippen LogP contribution in [0.5, 0.6) is 5.75 Å². The van der Waals surface area contributed by atoms with E-state index in [2.05, 4.69) is 24.1 Å². The van der Waals surface area contributed by atoms with E-state index in [4.69, 9.17) is 4.74 Å². The Morgan fingerprint density at radius 2 is 1.72 bits per heavy atom. The van der Waals surface area contributed by atoms with Gasteiger partial charge in [0.2, 0.25) is 0 Å². The van der Waals surface area contributed by atoms with Crippen LogP contribution in [0.3, 0.4) is 0 Å². The highest BCUT2D eigenvalue weighted by molar-refractivity contribution is 5.97. The van der Waals surface area contributed by atoms with Crippen molar-refractivity contribution in [3.8, 4) is 11.4 Å². The van der Waals surface area contributed by atoms with Crippen molar-refractivity contribution < 1.29 is 9.53 Å². The maximum absolute atomic E-state index is 13.8. The Morgan fingerprint density at radius 1 is 1.03 bits per heavy atom. The largest absolute Gasteiger partial charge is 0.497 e. The highest BCUT2D eigenvalue weighted by Gasteiger charge is 2.18. The van der Waals surface area contributed by atoms with Crippen molar-refractivity contribution in [2.45, 2.75) is 46.3 Å². The number of hydrogen-bond donors (Lipinski definition) is 2. The molecule has 0 fully saturated rings. The smallest absolute Gasteiger partial charge is 0.336 e. The lowest BCUT2D eigenvalue weighted by Crippen LogP contribution is -2.40. The number of aryl methyl sites for hydroxylation is 1. The molecular weight excluding hydrogens is 492 g/mol. The number of carbonyl (C=O) groups is 1. The van der Waals surface area contributed by atoms with Crippen molar-refractivity contribution in [2.75, 3.05) is 7.11 Å². The minimum absolute atomic E-state index is 0.130. The van der Waals surface area contributed by atoms with Crippen molar-refractivity contribution >= 4 is 16.8 Å². The number of rotatable bonds is 10. The number of ether oxygens (including phenoxy) is 1. The molecule has 0 bridgehead atoms. The lowest BCUT2D eigenvalue weighted by Gasteiger charge is -2.19. The molecule has 0 spiro atoms. The summed E-state index contributed by atoms with van der Waals surface area (Å²) in [5.74, 6) is 0.313. The molecule has 8 heteroatoms. The van der Waals surface area contributed by atoms with E-state index in [-0.39, 0.29) is 18.5 Å². The first-order valence-electron chi connectivity index (χ1n) is 12.9. The lowest BCUT2D eigenvalue weighted by molar-refractivity contribution is 0.0951. The average molecular weight is 527 g/mol. The van der Waals surface area contributed by atoms with Crippen LogP contribution in [0.15, 0.2) is 88.6 Å². The molecule has 0 radical (unpaired) electrons. The molecule has 202 valence electrons. The molecule has 3 aromatic carbocycles. The van der Waals surface area contributed by atoms with Crippen LogP contribution < -0.4 is 26.6 Å². The number of nitrogens with one attached hydrogen (secondary N) is 2. The number of hydrogen-bond acceptors (Lipinski definition) is 5. The fourth-order valence-corrected chi connectivity index (χ4v) is 4.30. The van der Waals surface area contributed by atoms with Crippen LogP contribution in [0.4, 0.5) is 0 Å². The van der Waals surface area contributed by atoms with Crippen molar-refractivity contribution in [3.63, 3.8) is 0 Å². The van der Waals surface area contributed by atoms with Crippen LogP contribution in [-0.2, 0) is 13.1 Å². The Labute approximate surface area is 227 Å². The minimum Gasteiger partial charge on any atom is -0.497 e. The van der Waals surface area contributed by atoms with Crippen LogP contribution in [0.1, 0.15) is 41.8 Å². The number of fused-ring (bicyclic) bond motifs is 1. The Kier molecular flexibility index (Phi) is 8.34. The van der Waals surface area contributed by atoms with Crippen molar-refractivity contribution in [2.24, 2.45) is 0 Å². The number of benzene rings is 3.